The molecular weight excluding hydrogens is 158 g/mol. The van der Waals surface area contributed by atoms with Crippen molar-refractivity contribution >= 4 is 12.4 Å². The van der Waals surface area contributed by atoms with E-state index in [4.69, 9.17) is 0 Å². The zero-order chi connectivity index (χ0) is 7.40. The van der Waals surface area contributed by atoms with Gasteiger partial charge in [-0.3, -0.25) is 0 Å². The van der Waals surface area contributed by atoms with Gasteiger partial charge < -0.3 is 4.90 Å². The fourth-order valence-corrected chi connectivity index (χ4v) is 1.97. The second-order valence-corrected chi connectivity index (χ2v) is 3.21. The average molecular weight is 178 g/mol. The molecule has 1 heterocycles. The zero-order valence-corrected chi connectivity index (χ0v) is 8.49. The molecule has 1 unspecified atom stereocenters. The largest absolute Gasteiger partial charge is 0.301 e. The number of rotatable bonds is 3. The first-order valence-corrected chi connectivity index (χ1v) is 4.62. The van der Waals surface area contributed by atoms with Crippen molar-refractivity contribution in [2.45, 2.75) is 45.6 Å². The van der Waals surface area contributed by atoms with E-state index in [2.05, 4.69) is 18.7 Å². The highest BCUT2D eigenvalue weighted by atomic mass is 35.5. The van der Waals surface area contributed by atoms with Crippen LogP contribution in [0, 0.1) is 0 Å². The van der Waals surface area contributed by atoms with E-state index >= 15 is 0 Å². The maximum Gasteiger partial charge on any atom is 0.00955 e. The third kappa shape index (κ3) is 3.00. The van der Waals surface area contributed by atoms with Crippen LogP contribution in [0.25, 0.3) is 0 Å². The molecule has 0 N–H and O–H groups in total. The molecule has 1 saturated heterocycles. The van der Waals surface area contributed by atoms with Gasteiger partial charge in [-0.15, -0.1) is 12.4 Å². The van der Waals surface area contributed by atoms with Crippen LogP contribution in [0.1, 0.15) is 39.5 Å². The van der Waals surface area contributed by atoms with E-state index in [9.17, 15) is 0 Å². The van der Waals surface area contributed by atoms with Crippen molar-refractivity contribution < 1.29 is 0 Å². The third-order valence-electron chi connectivity index (χ3n) is 2.53. The Morgan fingerprint density at radius 3 is 2.64 bits per heavy atom. The standard InChI is InChI=1S/C9H19N.ClH/c1-3-6-9-7-5-8-10(9)4-2;/h9H,3-8H2,1-2H3;1H. The van der Waals surface area contributed by atoms with Gasteiger partial charge in [0, 0.05) is 6.04 Å². The highest BCUT2D eigenvalue weighted by molar-refractivity contribution is 5.85. The summed E-state index contributed by atoms with van der Waals surface area (Å²) in [5, 5.41) is 0. The summed E-state index contributed by atoms with van der Waals surface area (Å²) in [6.45, 7) is 7.16. The Labute approximate surface area is 76.6 Å². The summed E-state index contributed by atoms with van der Waals surface area (Å²) in [4.78, 5) is 2.61. The Balaban J connectivity index is 0.000001000. The molecule has 0 aromatic heterocycles. The first-order chi connectivity index (χ1) is 4.88. The lowest BCUT2D eigenvalue weighted by molar-refractivity contribution is 0.254. The zero-order valence-electron chi connectivity index (χ0n) is 7.68. The molecule has 11 heavy (non-hydrogen) atoms. The molecule has 1 aliphatic rings. The summed E-state index contributed by atoms with van der Waals surface area (Å²) in [5.41, 5.74) is 0. The fourth-order valence-electron chi connectivity index (χ4n) is 1.97. The number of halogens is 1. The molecule has 68 valence electrons. The van der Waals surface area contributed by atoms with E-state index < -0.39 is 0 Å². The summed E-state index contributed by atoms with van der Waals surface area (Å²) in [7, 11) is 0. The normalized spacial score (nSPS) is 25.1. The number of hydrogen-bond acceptors (Lipinski definition) is 1. The maximum absolute atomic E-state index is 2.61. The van der Waals surface area contributed by atoms with Gasteiger partial charge >= 0.3 is 0 Å². The van der Waals surface area contributed by atoms with Gasteiger partial charge in [-0.2, -0.15) is 0 Å². The van der Waals surface area contributed by atoms with Crippen molar-refractivity contribution in [3.8, 4) is 0 Å². The highest BCUT2D eigenvalue weighted by Gasteiger charge is 2.21. The van der Waals surface area contributed by atoms with Gasteiger partial charge in [0.2, 0.25) is 0 Å². The Kier molecular flexibility index (Phi) is 5.98. The van der Waals surface area contributed by atoms with E-state index in [1.807, 2.05) is 0 Å². The molecule has 0 amide bonds. The average Bonchev–Trinajstić information content (AvgIpc) is 2.36. The minimum atomic E-state index is 0. The molecule has 0 spiro atoms. The Morgan fingerprint density at radius 2 is 2.09 bits per heavy atom. The molecule has 1 nitrogen and oxygen atoms in total. The fraction of sp³-hybridized carbons (Fsp3) is 1.00. The molecule has 0 aromatic rings. The molecule has 0 radical (unpaired) electrons. The van der Waals surface area contributed by atoms with Gasteiger partial charge in [0.05, 0.1) is 0 Å². The summed E-state index contributed by atoms with van der Waals surface area (Å²) in [6.07, 6.45) is 5.63. The quantitative estimate of drug-likeness (QED) is 0.641. The van der Waals surface area contributed by atoms with Gasteiger partial charge in [-0.1, -0.05) is 20.3 Å². The molecule has 0 saturated carbocycles. The van der Waals surface area contributed by atoms with Crippen LogP contribution in [0.5, 0.6) is 0 Å². The van der Waals surface area contributed by atoms with Crippen LogP contribution < -0.4 is 0 Å². The minimum Gasteiger partial charge on any atom is -0.301 e. The smallest absolute Gasteiger partial charge is 0.00955 e. The maximum atomic E-state index is 2.61. The van der Waals surface area contributed by atoms with E-state index in [1.165, 1.54) is 38.8 Å². The number of nitrogens with zero attached hydrogens (tertiary/aromatic N) is 1. The van der Waals surface area contributed by atoms with Crippen molar-refractivity contribution in [3.63, 3.8) is 0 Å². The van der Waals surface area contributed by atoms with Gasteiger partial charge in [0.25, 0.3) is 0 Å². The number of likely N-dealkylation sites (tertiary alicyclic amines) is 1. The second-order valence-electron chi connectivity index (χ2n) is 3.21. The lowest BCUT2D eigenvalue weighted by atomic mass is 10.1. The lowest BCUT2D eigenvalue weighted by Gasteiger charge is -2.21. The third-order valence-corrected chi connectivity index (χ3v) is 2.53. The minimum absolute atomic E-state index is 0. The van der Waals surface area contributed by atoms with Gasteiger partial charge in [-0.25, -0.2) is 0 Å². The van der Waals surface area contributed by atoms with Crippen molar-refractivity contribution in [2.24, 2.45) is 0 Å². The summed E-state index contributed by atoms with van der Waals surface area (Å²) >= 11 is 0. The Bertz CT molecular complexity index is 95.6. The molecule has 1 aliphatic heterocycles. The highest BCUT2D eigenvalue weighted by Crippen LogP contribution is 2.20. The topological polar surface area (TPSA) is 3.24 Å². The van der Waals surface area contributed by atoms with Crippen LogP contribution in [0.3, 0.4) is 0 Å². The molecule has 0 aliphatic carbocycles. The molecule has 0 aromatic carbocycles. The Hall–Kier alpha value is 0.250. The van der Waals surface area contributed by atoms with Crippen LogP contribution in [0.15, 0.2) is 0 Å². The first-order valence-electron chi connectivity index (χ1n) is 4.62. The predicted octanol–water partition coefficient (Wildman–Crippen LogP) is 2.69. The van der Waals surface area contributed by atoms with Crippen molar-refractivity contribution in [3.05, 3.63) is 0 Å². The SMILES string of the molecule is CCCC1CCCN1CC.Cl. The van der Waals surface area contributed by atoms with Crippen LogP contribution in [-0.2, 0) is 0 Å². The van der Waals surface area contributed by atoms with Gasteiger partial charge in [0.15, 0.2) is 0 Å². The molecule has 1 fully saturated rings. The van der Waals surface area contributed by atoms with Gasteiger partial charge in [0.1, 0.15) is 0 Å². The second kappa shape index (κ2) is 5.84. The first kappa shape index (κ1) is 11.2. The van der Waals surface area contributed by atoms with Crippen LogP contribution in [0.2, 0.25) is 0 Å². The predicted molar refractivity (Wildman–Crippen MR) is 52.4 cm³/mol. The molecule has 2 heteroatoms. The number of hydrogen-bond donors (Lipinski definition) is 0. The molecular formula is C9H20ClN. The van der Waals surface area contributed by atoms with E-state index in [1.54, 1.807) is 0 Å². The van der Waals surface area contributed by atoms with E-state index in [0.29, 0.717) is 0 Å². The Morgan fingerprint density at radius 1 is 1.36 bits per heavy atom. The summed E-state index contributed by atoms with van der Waals surface area (Å²) < 4.78 is 0. The van der Waals surface area contributed by atoms with Crippen LogP contribution >= 0.6 is 12.4 Å². The molecule has 1 atom stereocenters. The summed E-state index contributed by atoms with van der Waals surface area (Å²) in [6, 6.07) is 0.926. The summed E-state index contributed by atoms with van der Waals surface area (Å²) in [5.74, 6) is 0. The van der Waals surface area contributed by atoms with Crippen LogP contribution in [-0.4, -0.2) is 24.0 Å². The van der Waals surface area contributed by atoms with Crippen molar-refractivity contribution in [1.29, 1.82) is 0 Å². The monoisotopic (exact) mass is 177 g/mol. The van der Waals surface area contributed by atoms with Crippen LogP contribution in [0.4, 0.5) is 0 Å². The van der Waals surface area contributed by atoms with Crippen molar-refractivity contribution in [1.82, 2.24) is 4.90 Å². The van der Waals surface area contributed by atoms with Gasteiger partial charge in [-0.05, 0) is 32.4 Å². The van der Waals surface area contributed by atoms with Crippen molar-refractivity contribution in [2.75, 3.05) is 13.1 Å². The molecule has 0 bridgehead atoms. The molecule has 1 rings (SSSR count). The van der Waals surface area contributed by atoms with E-state index in [0.717, 1.165) is 6.04 Å². The van der Waals surface area contributed by atoms with E-state index in [-0.39, 0.29) is 12.4 Å². The lowest BCUT2D eigenvalue weighted by Crippen LogP contribution is -2.28.